The van der Waals surface area contributed by atoms with Crippen LogP contribution in [0.5, 0.6) is 0 Å². The molecule has 2 heterocycles. The Hall–Kier alpha value is -1.07. The van der Waals surface area contributed by atoms with Gasteiger partial charge < -0.3 is 9.47 Å². The van der Waals surface area contributed by atoms with Gasteiger partial charge in [0.05, 0.1) is 0 Å². The number of rotatable bonds is 4. The standard InChI is InChI=1S/C22H28N2.CH3I/c1-3-17-12-13-18(23(2)16-17)14-15-24-21-10-6-4-8-19(21)20-9-5-7-11-22(20)24;1-2/h4-11,17-18H,3,12-16H2,1-2H3;1H3. The summed E-state index contributed by atoms with van der Waals surface area (Å²) < 4.78 is 2.53. The number of halogens is 1. The Morgan fingerprint density at radius 2 is 1.50 bits per heavy atom. The summed E-state index contributed by atoms with van der Waals surface area (Å²) in [6, 6.07) is 18.4. The fraction of sp³-hybridized carbons (Fsp3) is 0.478. The van der Waals surface area contributed by atoms with Gasteiger partial charge in [-0.2, -0.15) is 0 Å². The highest BCUT2D eigenvalue weighted by atomic mass is 127. The van der Waals surface area contributed by atoms with Crippen molar-refractivity contribution in [1.82, 2.24) is 9.47 Å². The zero-order chi connectivity index (χ0) is 18.5. The zero-order valence-corrected chi connectivity index (χ0v) is 18.4. The normalized spacial score (nSPS) is 20.9. The summed E-state index contributed by atoms with van der Waals surface area (Å²) in [6.45, 7) is 4.71. The Balaban J connectivity index is 0.000000948. The number of aryl methyl sites for hydroxylation is 1. The van der Waals surface area contributed by atoms with Crippen molar-refractivity contribution in [3.63, 3.8) is 0 Å². The predicted molar refractivity (Wildman–Crippen MR) is 123 cm³/mol. The van der Waals surface area contributed by atoms with Crippen LogP contribution in [0.25, 0.3) is 21.8 Å². The molecule has 3 aromatic rings. The van der Waals surface area contributed by atoms with Crippen LogP contribution in [0.3, 0.4) is 0 Å². The molecule has 0 bridgehead atoms. The molecule has 1 aromatic heterocycles. The minimum atomic E-state index is 0.729. The van der Waals surface area contributed by atoms with Crippen molar-refractivity contribution in [3.05, 3.63) is 48.5 Å². The highest BCUT2D eigenvalue weighted by molar-refractivity contribution is 14.1. The molecule has 0 aliphatic carbocycles. The van der Waals surface area contributed by atoms with Crippen molar-refractivity contribution >= 4 is 44.4 Å². The van der Waals surface area contributed by atoms with E-state index >= 15 is 0 Å². The molecule has 1 saturated heterocycles. The van der Waals surface area contributed by atoms with Crippen molar-refractivity contribution in [3.8, 4) is 0 Å². The first kappa shape index (κ1) is 19.7. The van der Waals surface area contributed by atoms with Crippen molar-refractivity contribution < 1.29 is 0 Å². The second kappa shape index (κ2) is 9.23. The van der Waals surface area contributed by atoms with E-state index in [1.54, 1.807) is 0 Å². The van der Waals surface area contributed by atoms with E-state index in [9.17, 15) is 0 Å². The quantitative estimate of drug-likeness (QED) is 0.324. The molecule has 2 unspecified atom stereocenters. The molecule has 0 radical (unpaired) electrons. The SMILES string of the molecule is CCC1CCC(CCn2c3ccccc3c3ccccc32)N(C)C1.CI. The summed E-state index contributed by atoms with van der Waals surface area (Å²) in [4.78, 5) is 4.57. The monoisotopic (exact) mass is 462 g/mol. The van der Waals surface area contributed by atoms with E-state index in [2.05, 4.69) is 94.6 Å². The molecule has 0 spiro atoms. The van der Waals surface area contributed by atoms with Gasteiger partial charge in [0.1, 0.15) is 0 Å². The van der Waals surface area contributed by atoms with E-state index in [1.807, 2.05) is 4.93 Å². The van der Waals surface area contributed by atoms with E-state index < -0.39 is 0 Å². The van der Waals surface area contributed by atoms with Crippen LogP contribution < -0.4 is 0 Å². The molecule has 2 nitrogen and oxygen atoms in total. The lowest BCUT2D eigenvalue weighted by atomic mass is 9.90. The van der Waals surface area contributed by atoms with E-state index in [4.69, 9.17) is 0 Å². The Bertz CT molecular complexity index is 785. The highest BCUT2D eigenvalue weighted by Crippen LogP contribution is 2.30. The van der Waals surface area contributed by atoms with Crippen LogP contribution in [-0.4, -0.2) is 34.0 Å². The van der Waals surface area contributed by atoms with Crippen LogP contribution in [-0.2, 0) is 6.54 Å². The maximum absolute atomic E-state index is 2.60. The van der Waals surface area contributed by atoms with Gasteiger partial charge in [-0.05, 0) is 49.3 Å². The smallest absolute Gasteiger partial charge is 0.0491 e. The molecule has 1 fully saturated rings. The first-order chi connectivity index (χ1) is 12.8. The van der Waals surface area contributed by atoms with Gasteiger partial charge in [0, 0.05) is 40.9 Å². The lowest BCUT2D eigenvalue weighted by molar-refractivity contribution is 0.125. The van der Waals surface area contributed by atoms with Crippen LogP contribution in [0.4, 0.5) is 0 Å². The minimum absolute atomic E-state index is 0.729. The van der Waals surface area contributed by atoms with Crippen LogP contribution in [0.15, 0.2) is 48.5 Å². The van der Waals surface area contributed by atoms with Gasteiger partial charge in [-0.25, -0.2) is 0 Å². The molecule has 0 saturated carbocycles. The number of likely N-dealkylation sites (tertiary alicyclic amines) is 1. The van der Waals surface area contributed by atoms with Gasteiger partial charge in [0.2, 0.25) is 0 Å². The maximum atomic E-state index is 2.60. The number of hydrogen-bond acceptors (Lipinski definition) is 1. The first-order valence-corrected chi connectivity index (χ1v) is 12.0. The van der Waals surface area contributed by atoms with Gasteiger partial charge in [0.15, 0.2) is 0 Å². The Morgan fingerprint density at radius 3 is 2.04 bits per heavy atom. The van der Waals surface area contributed by atoms with Crippen LogP contribution in [0.2, 0.25) is 0 Å². The van der Waals surface area contributed by atoms with Crippen molar-refractivity contribution in [2.45, 2.75) is 45.2 Å². The number of aromatic nitrogens is 1. The zero-order valence-electron chi connectivity index (χ0n) is 16.3. The van der Waals surface area contributed by atoms with Crippen molar-refractivity contribution in [1.29, 1.82) is 0 Å². The summed E-state index contributed by atoms with van der Waals surface area (Å²) in [5.74, 6) is 0.902. The molecule has 0 N–H and O–H groups in total. The van der Waals surface area contributed by atoms with Gasteiger partial charge >= 0.3 is 0 Å². The van der Waals surface area contributed by atoms with Gasteiger partial charge in [-0.3, -0.25) is 0 Å². The third kappa shape index (κ3) is 3.94. The number of hydrogen-bond donors (Lipinski definition) is 0. The van der Waals surface area contributed by atoms with E-state index in [-0.39, 0.29) is 0 Å². The lowest BCUT2D eigenvalue weighted by Crippen LogP contribution is -2.40. The second-order valence-corrected chi connectivity index (χ2v) is 7.42. The van der Waals surface area contributed by atoms with Gasteiger partial charge in [-0.15, -0.1) is 0 Å². The van der Waals surface area contributed by atoms with Crippen molar-refractivity contribution in [2.24, 2.45) is 5.92 Å². The van der Waals surface area contributed by atoms with Crippen LogP contribution in [0, 0.1) is 5.92 Å². The third-order valence-corrected chi connectivity index (χ3v) is 6.02. The topological polar surface area (TPSA) is 8.17 Å². The average molecular weight is 462 g/mol. The predicted octanol–water partition coefficient (Wildman–Crippen LogP) is 6.36. The Kier molecular flexibility index (Phi) is 6.98. The molecule has 26 heavy (non-hydrogen) atoms. The van der Waals surface area contributed by atoms with Crippen LogP contribution in [0.1, 0.15) is 32.6 Å². The van der Waals surface area contributed by atoms with E-state index in [0.717, 1.165) is 18.5 Å². The molecular weight excluding hydrogens is 431 g/mol. The summed E-state index contributed by atoms with van der Waals surface area (Å²) in [5, 5.41) is 2.77. The number of fused-ring (bicyclic) bond motifs is 3. The molecule has 140 valence electrons. The largest absolute Gasteiger partial charge is 0.340 e. The fourth-order valence-electron chi connectivity index (χ4n) is 4.52. The average Bonchev–Trinajstić information content (AvgIpc) is 3.02. The number of piperidine rings is 1. The molecule has 0 amide bonds. The Morgan fingerprint density at radius 1 is 0.923 bits per heavy atom. The third-order valence-electron chi connectivity index (χ3n) is 6.02. The lowest BCUT2D eigenvalue weighted by Gasteiger charge is -2.37. The fourth-order valence-corrected chi connectivity index (χ4v) is 4.52. The summed E-state index contributed by atoms with van der Waals surface area (Å²) in [7, 11) is 2.32. The molecule has 2 aromatic carbocycles. The van der Waals surface area contributed by atoms with E-state index in [1.165, 1.54) is 54.0 Å². The second-order valence-electron chi connectivity index (χ2n) is 7.42. The number of benzene rings is 2. The van der Waals surface area contributed by atoms with Gasteiger partial charge in [0.25, 0.3) is 0 Å². The number of para-hydroxylation sites is 2. The van der Waals surface area contributed by atoms with Crippen LogP contribution >= 0.6 is 22.6 Å². The molecule has 3 heteroatoms. The number of alkyl halides is 1. The molecule has 1 aliphatic heterocycles. The summed E-state index contributed by atoms with van der Waals surface area (Å²) in [6.07, 6.45) is 5.32. The number of nitrogens with zero attached hydrogens (tertiary/aromatic N) is 2. The first-order valence-electron chi connectivity index (χ1n) is 9.82. The molecular formula is C23H31IN2. The van der Waals surface area contributed by atoms with Crippen molar-refractivity contribution in [2.75, 3.05) is 18.5 Å². The van der Waals surface area contributed by atoms with Gasteiger partial charge in [-0.1, -0.05) is 72.3 Å². The summed E-state index contributed by atoms with van der Waals surface area (Å²) >= 11 is 2.15. The minimum Gasteiger partial charge on any atom is -0.340 e. The van der Waals surface area contributed by atoms with E-state index in [0.29, 0.717) is 0 Å². The Labute approximate surface area is 171 Å². The molecule has 2 atom stereocenters. The molecule has 1 aliphatic rings. The summed E-state index contributed by atoms with van der Waals surface area (Å²) in [5.41, 5.74) is 2.76. The maximum Gasteiger partial charge on any atom is 0.0491 e. The highest BCUT2D eigenvalue weighted by Gasteiger charge is 2.24. The molecule has 4 rings (SSSR count).